The first-order valence-corrected chi connectivity index (χ1v) is 7.83. The van der Waals surface area contributed by atoms with Crippen molar-refractivity contribution in [2.75, 3.05) is 20.2 Å². The van der Waals surface area contributed by atoms with Crippen LogP contribution in [-0.2, 0) is 9.59 Å². The number of hydrogen-bond donors (Lipinski definition) is 1. The number of ether oxygens (including phenoxy) is 1. The van der Waals surface area contributed by atoms with Gasteiger partial charge in [-0.25, -0.2) is 4.39 Å². The lowest BCUT2D eigenvalue weighted by Gasteiger charge is -2.28. The highest BCUT2D eigenvalue weighted by Crippen LogP contribution is 2.30. The number of hydrogen-bond acceptors (Lipinski definition) is 3. The van der Waals surface area contributed by atoms with Gasteiger partial charge in [-0.3, -0.25) is 9.59 Å². The number of benzene rings is 1. The molecule has 1 aliphatic rings. The zero-order valence-corrected chi connectivity index (χ0v) is 13.2. The van der Waals surface area contributed by atoms with Crippen LogP contribution < -0.4 is 4.74 Å². The molecule has 0 atom stereocenters. The third-order valence-corrected chi connectivity index (χ3v) is 4.31. The summed E-state index contributed by atoms with van der Waals surface area (Å²) in [6.07, 6.45) is 2.37. The Hall–Kier alpha value is -2.11. The van der Waals surface area contributed by atoms with Gasteiger partial charge in [0.1, 0.15) is 18.2 Å². The van der Waals surface area contributed by atoms with Crippen molar-refractivity contribution in [1.29, 1.82) is 0 Å². The summed E-state index contributed by atoms with van der Waals surface area (Å²) < 4.78 is 18.3. The van der Waals surface area contributed by atoms with Crippen molar-refractivity contribution in [1.82, 2.24) is 4.90 Å². The van der Waals surface area contributed by atoms with Crippen LogP contribution in [0.3, 0.4) is 0 Å². The zero-order chi connectivity index (χ0) is 16.8. The Labute approximate surface area is 135 Å². The van der Waals surface area contributed by atoms with Gasteiger partial charge in [-0.05, 0) is 49.9 Å². The maximum atomic E-state index is 12.8. The smallest absolute Gasteiger partial charge is 0.306 e. The number of amides is 1. The molecule has 1 aliphatic carbocycles. The van der Waals surface area contributed by atoms with Crippen molar-refractivity contribution in [3.63, 3.8) is 0 Å². The van der Waals surface area contributed by atoms with Gasteiger partial charge in [0.15, 0.2) is 0 Å². The van der Waals surface area contributed by atoms with Gasteiger partial charge in [0.05, 0.1) is 12.5 Å². The van der Waals surface area contributed by atoms with E-state index in [2.05, 4.69) is 0 Å². The molecule has 0 saturated heterocycles. The number of aliphatic carboxylic acids is 1. The summed E-state index contributed by atoms with van der Waals surface area (Å²) in [5, 5.41) is 8.98. The van der Waals surface area contributed by atoms with E-state index in [0.717, 1.165) is 0 Å². The number of halogens is 1. The number of carbonyl (C=O) groups excluding carboxylic acids is 1. The van der Waals surface area contributed by atoms with Crippen molar-refractivity contribution >= 4 is 11.9 Å². The van der Waals surface area contributed by atoms with Crippen LogP contribution in [0.1, 0.15) is 25.7 Å². The first kappa shape index (κ1) is 17.2. The lowest BCUT2D eigenvalue weighted by molar-refractivity contribution is -0.145. The largest absolute Gasteiger partial charge is 0.492 e. The zero-order valence-electron chi connectivity index (χ0n) is 13.2. The third-order valence-electron chi connectivity index (χ3n) is 4.31. The minimum absolute atomic E-state index is 0.0385. The van der Waals surface area contributed by atoms with Gasteiger partial charge >= 0.3 is 5.97 Å². The van der Waals surface area contributed by atoms with E-state index in [1.165, 1.54) is 12.1 Å². The molecule has 2 rings (SSSR count). The van der Waals surface area contributed by atoms with E-state index < -0.39 is 5.97 Å². The molecule has 0 heterocycles. The maximum absolute atomic E-state index is 12.8. The number of carbonyl (C=O) groups is 2. The topological polar surface area (TPSA) is 66.8 Å². The Morgan fingerprint density at radius 3 is 2.30 bits per heavy atom. The maximum Gasteiger partial charge on any atom is 0.306 e. The molecule has 1 N–H and O–H groups in total. The summed E-state index contributed by atoms with van der Waals surface area (Å²) in [4.78, 5) is 24.9. The van der Waals surface area contributed by atoms with E-state index >= 15 is 0 Å². The van der Waals surface area contributed by atoms with Crippen molar-refractivity contribution in [2.24, 2.45) is 11.8 Å². The fourth-order valence-corrected chi connectivity index (χ4v) is 2.84. The number of carboxylic acid groups (broad SMARTS) is 1. The van der Waals surface area contributed by atoms with Crippen LogP contribution in [0.4, 0.5) is 4.39 Å². The highest BCUT2D eigenvalue weighted by Gasteiger charge is 2.31. The molecule has 1 fully saturated rings. The molecule has 0 spiro atoms. The van der Waals surface area contributed by atoms with Gasteiger partial charge in [0.25, 0.3) is 0 Å². The fourth-order valence-electron chi connectivity index (χ4n) is 2.84. The molecule has 6 heteroatoms. The van der Waals surface area contributed by atoms with Gasteiger partial charge in [-0.2, -0.15) is 0 Å². The molecule has 126 valence electrons. The van der Waals surface area contributed by atoms with Crippen molar-refractivity contribution < 1.29 is 23.8 Å². The third kappa shape index (κ3) is 4.94. The normalized spacial score (nSPS) is 20.8. The van der Waals surface area contributed by atoms with E-state index in [4.69, 9.17) is 9.84 Å². The monoisotopic (exact) mass is 323 g/mol. The van der Waals surface area contributed by atoms with E-state index in [9.17, 15) is 14.0 Å². The van der Waals surface area contributed by atoms with Gasteiger partial charge in [-0.1, -0.05) is 0 Å². The molecule has 0 unspecified atom stereocenters. The first-order valence-electron chi connectivity index (χ1n) is 7.83. The Morgan fingerprint density at radius 2 is 1.74 bits per heavy atom. The standard InChI is InChI=1S/C17H22FNO4/c1-19(10-11-23-15-8-6-14(18)7-9-15)16(20)12-2-4-13(5-3-12)17(21)22/h6-9,12-13H,2-5,10-11H2,1H3,(H,21,22). The van der Waals surface area contributed by atoms with Gasteiger partial charge < -0.3 is 14.7 Å². The lowest BCUT2D eigenvalue weighted by Crippen LogP contribution is -2.38. The Morgan fingerprint density at radius 1 is 1.17 bits per heavy atom. The summed E-state index contributed by atoms with van der Waals surface area (Å²) in [5.41, 5.74) is 0. The molecule has 1 amide bonds. The van der Waals surface area contributed by atoms with Gasteiger partial charge in [-0.15, -0.1) is 0 Å². The summed E-state index contributed by atoms with van der Waals surface area (Å²) in [5.74, 6) is -0.892. The molecule has 23 heavy (non-hydrogen) atoms. The second-order valence-electron chi connectivity index (χ2n) is 5.95. The predicted molar refractivity (Wildman–Crippen MR) is 82.6 cm³/mol. The van der Waals surface area contributed by atoms with Crippen molar-refractivity contribution in [3.05, 3.63) is 30.1 Å². The van der Waals surface area contributed by atoms with Crippen LogP contribution in [-0.4, -0.2) is 42.1 Å². The van der Waals surface area contributed by atoms with Crippen molar-refractivity contribution in [2.45, 2.75) is 25.7 Å². The highest BCUT2D eigenvalue weighted by molar-refractivity contribution is 5.79. The number of likely N-dealkylation sites (N-methyl/N-ethyl adjacent to an activating group) is 1. The predicted octanol–water partition coefficient (Wildman–Crippen LogP) is 2.55. The quantitative estimate of drug-likeness (QED) is 0.874. The number of rotatable bonds is 6. The van der Waals surface area contributed by atoms with Crippen LogP contribution in [0, 0.1) is 17.7 Å². The molecular weight excluding hydrogens is 301 g/mol. The second kappa shape index (κ2) is 7.94. The van der Waals surface area contributed by atoms with Crippen LogP contribution in [0.2, 0.25) is 0 Å². The van der Waals surface area contributed by atoms with Crippen LogP contribution in [0.15, 0.2) is 24.3 Å². The Bertz CT molecular complexity index is 538. The van der Waals surface area contributed by atoms with Crippen LogP contribution in [0.5, 0.6) is 5.75 Å². The van der Waals surface area contributed by atoms with Gasteiger partial charge in [0.2, 0.25) is 5.91 Å². The number of carboxylic acids is 1. The average Bonchev–Trinajstić information content (AvgIpc) is 2.56. The van der Waals surface area contributed by atoms with Crippen molar-refractivity contribution in [3.8, 4) is 5.75 Å². The molecule has 0 bridgehead atoms. The van der Waals surface area contributed by atoms with E-state index in [1.54, 1.807) is 24.1 Å². The summed E-state index contributed by atoms with van der Waals surface area (Å²) in [6, 6.07) is 5.74. The van der Waals surface area contributed by atoms with Crippen LogP contribution in [0.25, 0.3) is 0 Å². The highest BCUT2D eigenvalue weighted by atomic mass is 19.1. The average molecular weight is 323 g/mol. The molecule has 0 aromatic heterocycles. The Kier molecular flexibility index (Phi) is 5.96. The lowest BCUT2D eigenvalue weighted by atomic mass is 9.81. The van der Waals surface area contributed by atoms with E-state index in [0.29, 0.717) is 44.6 Å². The fraction of sp³-hybridized carbons (Fsp3) is 0.529. The molecule has 1 aromatic carbocycles. The van der Waals surface area contributed by atoms with Gasteiger partial charge in [0, 0.05) is 13.0 Å². The minimum atomic E-state index is -0.767. The molecule has 0 aliphatic heterocycles. The SMILES string of the molecule is CN(CCOc1ccc(F)cc1)C(=O)C1CCC(C(=O)O)CC1. The molecule has 5 nitrogen and oxygen atoms in total. The summed E-state index contributed by atoms with van der Waals surface area (Å²) in [7, 11) is 1.72. The molecule has 1 aromatic rings. The first-order chi connectivity index (χ1) is 11.0. The summed E-state index contributed by atoms with van der Waals surface area (Å²) >= 11 is 0. The Balaban J connectivity index is 1.73. The second-order valence-corrected chi connectivity index (χ2v) is 5.95. The molecule has 1 saturated carbocycles. The van der Waals surface area contributed by atoms with Crippen LogP contribution >= 0.6 is 0 Å². The molecule has 0 radical (unpaired) electrons. The number of nitrogens with zero attached hydrogens (tertiary/aromatic N) is 1. The van der Waals surface area contributed by atoms with E-state index in [-0.39, 0.29) is 23.6 Å². The van der Waals surface area contributed by atoms with E-state index in [1.807, 2.05) is 0 Å². The molecular formula is C17H22FNO4. The summed E-state index contributed by atoms with van der Waals surface area (Å²) in [6.45, 7) is 0.771. The minimum Gasteiger partial charge on any atom is -0.492 e.